The highest BCUT2D eigenvalue weighted by atomic mass is 79.9. The molecule has 0 aliphatic carbocycles. The maximum Gasteiger partial charge on any atom is 0.310 e. The lowest BCUT2D eigenvalue weighted by Gasteiger charge is -2.31. The molecular formula is C11H20BrNO2. The van der Waals surface area contributed by atoms with Crippen LogP contribution in [0.4, 0.5) is 0 Å². The van der Waals surface area contributed by atoms with Crippen LogP contribution in [-0.4, -0.2) is 42.4 Å². The number of likely N-dealkylation sites (tertiary alicyclic amines) is 1. The van der Waals surface area contributed by atoms with Crippen LogP contribution in [0.2, 0.25) is 0 Å². The molecule has 0 saturated carbocycles. The Bertz CT molecular complexity index is 199. The van der Waals surface area contributed by atoms with Crippen LogP contribution in [0.15, 0.2) is 0 Å². The predicted octanol–water partition coefficient (Wildman–Crippen LogP) is 2.05. The number of esters is 1. The number of ether oxygens (including phenoxy) is 1. The molecule has 1 aliphatic rings. The van der Waals surface area contributed by atoms with E-state index in [-0.39, 0.29) is 11.9 Å². The highest BCUT2D eigenvalue weighted by molar-refractivity contribution is 9.09. The van der Waals surface area contributed by atoms with Crippen LogP contribution in [0.5, 0.6) is 0 Å². The summed E-state index contributed by atoms with van der Waals surface area (Å²) >= 11 is 3.43. The zero-order valence-corrected chi connectivity index (χ0v) is 11.0. The first-order valence-electron chi connectivity index (χ1n) is 5.73. The van der Waals surface area contributed by atoms with Gasteiger partial charge in [0.15, 0.2) is 0 Å². The Hall–Kier alpha value is -0.0900. The summed E-state index contributed by atoms with van der Waals surface area (Å²) in [5, 5.41) is 1.04. The molecule has 1 fully saturated rings. The van der Waals surface area contributed by atoms with Gasteiger partial charge in [-0.2, -0.15) is 0 Å². The molecule has 0 spiro atoms. The third-order valence-corrected chi connectivity index (χ3v) is 3.29. The van der Waals surface area contributed by atoms with Crippen molar-refractivity contribution in [1.29, 1.82) is 0 Å². The Kier molecular flexibility index (Phi) is 6.25. The summed E-state index contributed by atoms with van der Waals surface area (Å²) in [5.74, 6) is 0.0927. The van der Waals surface area contributed by atoms with Gasteiger partial charge in [0.25, 0.3) is 0 Å². The van der Waals surface area contributed by atoms with Gasteiger partial charge in [-0.25, -0.2) is 0 Å². The van der Waals surface area contributed by atoms with E-state index in [1.54, 1.807) is 0 Å². The number of piperidine rings is 1. The van der Waals surface area contributed by atoms with E-state index >= 15 is 0 Å². The molecule has 0 amide bonds. The maximum absolute atomic E-state index is 11.6. The lowest BCUT2D eigenvalue weighted by Crippen LogP contribution is -2.39. The van der Waals surface area contributed by atoms with Crippen molar-refractivity contribution in [2.75, 3.05) is 31.6 Å². The normalized spacial score (nSPS) is 22.7. The summed E-state index contributed by atoms with van der Waals surface area (Å²) in [6.07, 6.45) is 3.25. The number of halogens is 1. The average molecular weight is 278 g/mol. The fraction of sp³-hybridized carbons (Fsp3) is 0.909. The van der Waals surface area contributed by atoms with Gasteiger partial charge >= 0.3 is 5.97 Å². The Labute approximate surface area is 100 Å². The molecule has 1 atom stereocenters. The molecule has 0 radical (unpaired) electrons. The lowest BCUT2D eigenvalue weighted by molar-refractivity contribution is -0.149. The SMILES string of the molecule is CCOC(=O)[C@@H]1CCCN(CCCBr)C1. The molecule has 4 heteroatoms. The summed E-state index contributed by atoms with van der Waals surface area (Å²) < 4.78 is 5.06. The molecule has 0 aromatic carbocycles. The Balaban J connectivity index is 2.31. The number of hydrogen-bond acceptors (Lipinski definition) is 3. The van der Waals surface area contributed by atoms with E-state index in [4.69, 9.17) is 4.74 Å². The number of hydrogen-bond donors (Lipinski definition) is 0. The van der Waals surface area contributed by atoms with Crippen molar-refractivity contribution in [3.05, 3.63) is 0 Å². The van der Waals surface area contributed by atoms with Crippen molar-refractivity contribution in [2.24, 2.45) is 5.92 Å². The zero-order valence-electron chi connectivity index (χ0n) is 9.38. The van der Waals surface area contributed by atoms with E-state index < -0.39 is 0 Å². The van der Waals surface area contributed by atoms with Gasteiger partial charge in [-0.1, -0.05) is 15.9 Å². The van der Waals surface area contributed by atoms with E-state index in [1.165, 1.54) is 0 Å². The Morgan fingerprint density at radius 2 is 2.40 bits per heavy atom. The van der Waals surface area contributed by atoms with Crippen molar-refractivity contribution in [3.8, 4) is 0 Å². The topological polar surface area (TPSA) is 29.5 Å². The molecule has 0 aromatic heterocycles. The van der Waals surface area contributed by atoms with E-state index in [1.807, 2.05) is 6.92 Å². The minimum Gasteiger partial charge on any atom is -0.466 e. The molecule has 1 rings (SSSR count). The van der Waals surface area contributed by atoms with Crippen LogP contribution in [0.25, 0.3) is 0 Å². The maximum atomic E-state index is 11.6. The summed E-state index contributed by atoms with van der Waals surface area (Å²) in [5.41, 5.74) is 0. The number of carbonyl (C=O) groups excluding carboxylic acids is 1. The van der Waals surface area contributed by atoms with E-state index in [0.717, 1.165) is 44.2 Å². The molecule has 88 valence electrons. The molecule has 0 aromatic rings. The van der Waals surface area contributed by atoms with Gasteiger partial charge in [0.05, 0.1) is 12.5 Å². The predicted molar refractivity (Wildman–Crippen MR) is 64.2 cm³/mol. The highest BCUT2D eigenvalue weighted by Gasteiger charge is 2.26. The van der Waals surface area contributed by atoms with Crippen molar-refractivity contribution < 1.29 is 9.53 Å². The largest absolute Gasteiger partial charge is 0.466 e. The summed E-state index contributed by atoms with van der Waals surface area (Å²) in [7, 11) is 0. The minimum atomic E-state index is -0.0129. The van der Waals surface area contributed by atoms with Crippen LogP contribution in [0.1, 0.15) is 26.2 Å². The van der Waals surface area contributed by atoms with Crippen LogP contribution in [0.3, 0.4) is 0 Å². The molecular weight excluding hydrogens is 258 g/mol. The van der Waals surface area contributed by atoms with Crippen LogP contribution < -0.4 is 0 Å². The van der Waals surface area contributed by atoms with Crippen molar-refractivity contribution in [2.45, 2.75) is 26.2 Å². The van der Waals surface area contributed by atoms with Crippen molar-refractivity contribution >= 4 is 21.9 Å². The molecule has 1 aliphatic heterocycles. The second kappa shape index (κ2) is 7.23. The van der Waals surface area contributed by atoms with Crippen molar-refractivity contribution in [3.63, 3.8) is 0 Å². The molecule has 0 unspecified atom stereocenters. The second-order valence-electron chi connectivity index (χ2n) is 3.93. The molecule has 3 nitrogen and oxygen atoms in total. The number of carbonyl (C=O) groups is 1. The van der Waals surface area contributed by atoms with Gasteiger partial charge in [0, 0.05) is 11.9 Å². The number of alkyl halides is 1. The smallest absolute Gasteiger partial charge is 0.310 e. The fourth-order valence-corrected chi connectivity index (χ4v) is 2.25. The van der Waals surface area contributed by atoms with Crippen molar-refractivity contribution in [1.82, 2.24) is 4.90 Å². The van der Waals surface area contributed by atoms with E-state index in [9.17, 15) is 4.79 Å². The van der Waals surface area contributed by atoms with Gasteiger partial charge in [-0.3, -0.25) is 4.79 Å². The molecule has 15 heavy (non-hydrogen) atoms. The van der Waals surface area contributed by atoms with Gasteiger partial charge in [0.1, 0.15) is 0 Å². The minimum absolute atomic E-state index is 0.0129. The van der Waals surface area contributed by atoms with Gasteiger partial charge in [0.2, 0.25) is 0 Å². The third kappa shape index (κ3) is 4.51. The first-order valence-corrected chi connectivity index (χ1v) is 6.85. The highest BCUT2D eigenvalue weighted by Crippen LogP contribution is 2.18. The van der Waals surface area contributed by atoms with Gasteiger partial charge in [-0.15, -0.1) is 0 Å². The zero-order chi connectivity index (χ0) is 11.1. The van der Waals surface area contributed by atoms with Gasteiger partial charge < -0.3 is 9.64 Å². The molecule has 1 heterocycles. The fourth-order valence-electron chi connectivity index (χ4n) is 1.99. The lowest BCUT2D eigenvalue weighted by atomic mass is 9.98. The van der Waals surface area contributed by atoms with Crippen LogP contribution in [-0.2, 0) is 9.53 Å². The second-order valence-corrected chi connectivity index (χ2v) is 4.73. The molecule has 0 bridgehead atoms. The Morgan fingerprint density at radius 1 is 1.60 bits per heavy atom. The molecule has 0 N–H and O–H groups in total. The van der Waals surface area contributed by atoms with E-state index in [0.29, 0.717) is 6.61 Å². The Morgan fingerprint density at radius 3 is 3.07 bits per heavy atom. The summed E-state index contributed by atoms with van der Waals surface area (Å²) in [4.78, 5) is 13.9. The van der Waals surface area contributed by atoms with E-state index in [2.05, 4.69) is 20.8 Å². The van der Waals surface area contributed by atoms with Crippen LogP contribution >= 0.6 is 15.9 Å². The standard InChI is InChI=1S/C11H20BrNO2/c1-2-15-11(14)10-5-3-7-13(9-10)8-4-6-12/h10H,2-9H2,1H3/t10-/m1/s1. The molecule has 1 saturated heterocycles. The van der Waals surface area contributed by atoms with Gasteiger partial charge in [-0.05, 0) is 39.3 Å². The number of nitrogens with zero attached hydrogens (tertiary/aromatic N) is 1. The first-order chi connectivity index (χ1) is 7.27. The summed E-state index contributed by atoms with van der Waals surface area (Å²) in [6.45, 7) is 5.45. The third-order valence-electron chi connectivity index (χ3n) is 2.73. The average Bonchev–Trinajstić information content (AvgIpc) is 2.27. The number of rotatable bonds is 5. The first kappa shape index (κ1) is 13.0. The monoisotopic (exact) mass is 277 g/mol. The summed E-state index contributed by atoms with van der Waals surface area (Å²) in [6, 6.07) is 0. The van der Waals surface area contributed by atoms with Crippen LogP contribution in [0, 0.1) is 5.92 Å². The quantitative estimate of drug-likeness (QED) is 0.569.